The molecule has 0 aromatic heterocycles. The first-order valence-electron chi connectivity index (χ1n) is 9.63. The molecular formula is C25H19Cl2FN2O2. The molecule has 0 unspecified atom stereocenters. The summed E-state index contributed by atoms with van der Waals surface area (Å²) in [6.07, 6.45) is 1.50. The van der Waals surface area contributed by atoms with Gasteiger partial charge in [-0.05, 0) is 90.7 Å². The monoisotopic (exact) mass is 468 g/mol. The summed E-state index contributed by atoms with van der Waals surface area (Å²) in [5, 5.41) is 13.0. The van der Waals surface area contributed by atoms with Crippen molar-refractivity contribution in [3.8, 4) is 11.8 Å². The van der Waals surface area contributed by atoms with Crippen molar-refractivity contribution in [3.63, 3.8) is 0 Å². The normalized spacial score (nSPS) is 11.1. The summed E-state index contributed by atoms with van der Waals surface area (Å²) in [6.45, 7) is 4.09. The number of anilines is 1. The van der Waals surface area contributed by atoms with E-state index in [0.29, 0.717) is 33.7 Å². The van der Waals surface area contributed by atoms with Gasteiger partial charge in [0.25, 0.3) is 5.91 Å². The zero-order chi connectivity index (χ0) is 23.3. The van der Waals surface area contributed by atoms with E-state index in [1.54, 1.807) is 12.1 Å². The molecule has 32 heavy (non-hydrogen) atoms. The fourth-order valence-corrected chi connectivity index (χ4v) is 3.45. The number of aryl methyl sites for hydroxylation is 2. The second-order valence-electron chi connectivity index (χ2n) is 7.15. The fourth-order valence-electron chi connectivity index (χ4n) is 3.13. The number of carbonyl (C=O) groups is 1. The molecule has 7 heteroatoms. The summed E-state index contributed by atoms with van der Waals surface area (Å²) >= 11 is 12.0. The number of nitriles is 1. The van der Waals surface area contributed by atoms with Gasteiger partial charge in [-0.25, -0.2) is 4.39 Å². The molecular weight excluding hydrogens is 450 g/mol. The third kappa shape index (κ3) is 5.88. The Morgan fingerprint density at radius 3 is 2.31 bits per heavy atom. The molecule has 0 spiro atoms. The molecule has 0 aliphatic carbocycles. The lowest BCUT2D eigenvalue weighted by atomic mass is 10.0. The van der Waals surface area contributed by atoms with Crippen LogP contribution in [0, 0.1) is 31.0 Å². The number of halogens is 3. The summed E-state index contributed by atoms with van der Waals surface area (Å²) < 4.78 is 19.0. The standard InChI is InChI=1S/C25H19Cl2FN2O2/c1-15-9-18(11-19(13-29)25(31)30-21-6-4-20(28)5-7-21)10-16(2)24(15)32-14-17-3-8-22(26)23(27)12-17/h3-12H,14H2,1-2H3,(H,30,31)/b19-11+. The van der Waals surface area contributed by atoms with Crippen molar-refractivity contribution in [1.82, 2.24) is 0 Å². The fraction of sp³-hybridized carbons (Fsp3) is 0.120. The van der Waals surface area contributed by atoms with Gasteiger partial charge >= 0.3 is 0 Å². The maximum absolute atomic E-state index is 13.0. The highest BCUT2D eigenvalue weighted by molar-refractivity contribution is 6.42. The van der Waals surface area contributed by atoms with Gasteiger partial charge in [-0.2, -0.15) is 5.26 Å². The predicted octanol–water partition coefficient (Wildman–Crippen LogP) is 6.87. The van der Waals surface area contributed by atoms with Crippen LogP contribution in [0.15, 0.2) is 60.2 Å². The zero-order valence-corrected chi connectivity index (χ0v) is 18.9. The molecule has 0 bridgehead atoms. The number of amides is 1. The molecule has 3 aromatic carbocycles. The number of rotatable bonds is 6. The van der Waals surface area contributed by atoms with Crippen LogP contribution < -0.4 is 10.1 Å². The van der Waals surface area contributed by atoms with Gasteiger partial charge in [-0.3, -0.25) is 4.79 Å². The zero-order valence-electron chi connectivity index (χ0n) is 17.4. The third-order valence-corrected chi connectivity index (χ3v) is 5.37. The lowest BCUT2D eigenvalue weighted by Gasteiger charge is -2.14. The van der Waals surface area contributed by atoms with Crippen LogP contribution in [-0.4, -0.2) is 5.91 Å². The highest BCUT2D eigenvalue weighted by atomic mass is 35.5. The number of hydrogen-bond acceptors (Lipinski definition) is 3. The molecule has 0 heterocycles. The van der Waals surface area contributed by atoms with Crippen LogP contribution in [0.1, 0.15) is 22.3 Å². The highest BCUT2D eigenvalue weighted by Crippen LogP contribution is 2.28. The number of benzene rings is 3. The van der Waals surface area contributed by atoms with Gasteiger partial charge in [0.2, 0.25) is 0 Å². The molecule has 0 atom stereocenters. The highest BCUT2D eigenvalue weighted by Gasteiger charge is 2.12. The summed E-state index contributed by atoms with van der Waals surface area (Å²) in [6, 6.07) is 16.2. The Kier molecular flexibility index (Phi) is 7.53. The Bertz CT molecular complexity index is 1210. The molecule has 1 amide bonds. The molecule has 0 radical (unpaired) electrons. The van der Waals surface area contributed by atoms with Crippen LogP contribution in [0.2, 0.25) is 10.0 Å². The van der Waals surface area contributed by atoms with Crippen LogP contribution in [0.5, 0.6) is 5.75 Å². The summed E-state index contributed by atoms with van der Waals surface area (Å²) in [7, 11) is 0. The first-order chi connectivity index (χ1) is 15.3. The Morgan fingerprint density at radius 1 is 1.06 bits per heavy atom. The molecule has 1 N–H and O–H groups in total. The van der Waals surface area contributed by atoms with Gasteiger partial charge in [-0.15, -0.1) is 0 Å². The number of ether oxygens (including phenoxy) is 1. The maximum atomic E-state index is 13.0. The Hall–Kier alpha value is -3.33. The molecule has 0 aliphatic heterocycles. The minimum Gasteiger partial charge on any atom is -0.488 e. The number of nitrogens with zero attached hydrogens (tertiary/aromatic N) is 1. The molecule has 4 nitrogen and oxygen atoms in total. The van der Waals surface area contributed by atoms with E-state index in [1.165, 1.54) is 30.3 Å². The number of hydrogen-bond donors (Lipinski definition) is 1. The van der Waals surface area contributed by atoms with E-state index in [-0.39, 0.29) is 5.57 Å². The topological polar surface area (TPSA) is 62.1 Å². The minimum atomic E-state index is -0.575. The van der Waals surface area contributed by atoms with Gasteiger partial charge in [0.15, 0.2) is 0 Å². The Labute approximate surface area is 195 Å². The second-order valence-corrected chi connectivity index (χ2v) is 7.97. The third-order valence-electron chi connectivity index (χ3n) is 4.63. The van der Waals surface area contributed by atoms with Gasteiger partial charge in [-0.1, -0.05) is 29.3 Å². The molecule has 3 aromatic rings. The van der Waals surface area contributed by atoms with Crippen LogP contribution in [-0.2, 0) is 11.4 Å². The first kappa shape index (κ1) is 23.3. The van der Waals surface area contributed by atoms with E-state index in [2.05, 4.69) is 5.32 Å². The van der Waals surface area contributed by atoms with Gasteiger partial charge in [0.1, 0.15) is 29.8 Å². The van der Waals surface area contributed by atoms with E-state index in [4.69, 9.17) is 27.9 Å². The van der Waals surface area contributed by atoms with Gasteiger partial charge in [0, 0.05) is 5.69 Å². The summed E-state index contributed by atoms with van der Waals surface area (Å²) in [4.78, 5) is 12.4. The van der Waals surface area contributed by atoms with Crippen molar-refractivity contribution in [2.24, 2.45) is 0 Å². The van der Waals surface area contributed by atoms with E-state index >= 15 is 0 Å². The van der Waals surface area contributed by atoms with E-state index in [0.717, 1.165) is 16.7 Å². The van der Waals surface area contributed by atoms with Gasteiger partial charge < -0.3 is 10.1 Å². The van der Waals surface area contributed by atoms with Crippen LogP contribution in [0.25, 0.3) is 6.08 Å². The molecule has 0 aliphatic rings. The van der Waals surface area contributed by atoms with E-state index in [1.807, 2.05) is 38.1 Å². The maximum Gasteiger partial charge on any atom is 0.266 e. The molecule has 0 fully saturated rings. The SMILES string of the molecule is Cc1cc(/C=C(\C#N)C(=O)Nc2ccc(F)cc2)cc(C)c1OCc1ccc(Cl)c(Cl)c1. The summed E-state index contributed by atoms with van der Waals surface area (Å²) in [5.41, 5.74) is 3.60. The van der Waals surface area contributed by atoms with Crippen molar-refractivity contribution < 1.29 is 13.9 Å². The van der Waals surface area contributed by atoms with Crippen molar-refractivity contribution in [3.05, 3.63) is 98.3 Å². The van der Waals surface area contributed by atoms with Gasteiger partial charge in [0.05, 0.1) is 10.0 Å². The predicted molar refractivity (Wildman–Crippen MR) is 125 cm³/mol. The number of carbonyl (C=O) groups excluding carboxylic acids is 1. The first-order valence-corrected chi connectivity index (χ1v) is 10.4. The Balaban J connectivity index is 1.76. The van der Waals surface area contributed by atoms with E-state index < -0.39 is 11.7 Å². The minimum absolute atomic E-state index is 0.0717. The quantitative estimate of drug-likeness (QED) is 0.316. The van der Waals surface area contributed by atoms with Crippen LogP contribution in [0.4, 0.5) is 10.1 Å². The largest absolute Gasteiger partial charge is 0.488 e. The Morgan fingerprint density at radius 2 is 1.72 bits per heavy atom. The molecule has 0 saturated carbocycles. The van der Waals surface area contributed by atoms with Crippen LogP contribution in [0.3, 0.4) is 0 Å². The number of nitrogens with one attached hydrogen (secondary N) is 1. The average Bonchev–Trinajstić information content (AvgIpc) is 2.75. The lowest BCUT2D eigenvalue weighted by molar-refractivity contribution is -0.112. The van der Waals surface area contributed by atoms with Crippen molar-refractivity contribution in [2.45, 2.75) is 20.5 Å². The second kappa shape index (κ2) is 10.3. The summed E-state index contributed by atoms with van der Waals surface area (Å²) in [5.74, 6) is -0.275. The van der Waals surface area contributed by atoms with Crippen molar-refractivity contribution in [1.29, 1.82) is 5.26 Å². The lowest BCUT2D eigenvalue weighted by Crippen LogP contribution is -2.13. The average molecular weight is 469 g/mol. The van der Waals surface area contributed by atoms with Crippen LogP contribution >= 0.6 is 23.2 Å². The van der Waals surface area contributed by atoms with Crippen molar-refractivity contribution in [2.75, 3.05) is 5.32 Å². The van der Waals surface area contributed by atoms with E-state index in [9.17, 15) is 14.4 Å². The molecule has 0 saturated heterocycles. The molecule has 3 rings (SSSR count). The molecule has 162 valence electrons. The smallest absolute Gasteiger partial charge is 0.266 e. The van der Waals surface area contributed by atoms with Crippen molar-refractivity contribution >= 4 is 40.9 Å².